The minimum atomic E-state index is -0.296. The SMILES string of the molecule is COc1ccc(NC(C)=O)cc1NC(=O)Cc1csc(SCC(=O)Nc2ccc(NC(C)=O)cc2)n1. The van der Waals surface area contributed by atoms with Gasteiger partial charge in [0.05, 0.1) is 30.7 Å². The maximum atomic E-state index is 12.6. The monoisotopic (exact) mass is 527 g/mol. The van der Waals surface area contributed by atoms with Crippen LogP contribution in [-0.2, 0) is 25.6 Å². The number of benzene rings is 2. The Labute approximate surface area is 216 Å². The number of rotatable bonds is 10. The van der Waals surface area contributed by atoms with Gasteiger partial charge in [0, 0.05) is 36.3 Å². The van der Waals surface area contributed by atoms with Gasteiger partial charge in [0.1, 0.15) is 5.75 Å². The number of carbonyl (C=O) groups excluding carboxylic acids is 4. The highest BCUT2D eigenvalue weighted by Gasteiger charge is 2.13. The zero-order chi connectivity index (χ0) is 26.1. The lowest BCUT2D eigenvalue weighted by molar-refractivity contribution is -0.116. The van der Waals surface area contributed by atoms with E-state index in [4.69, 9.17) is 4.74 Å². The third-order valence-electron chi connectivity index (χ3n) is 4.48. The maximum absolute atomic E-state index is 12.6. The van der Waals surface area contributed by atoms with Crippen molar-refractivity contribution in [1.82, 2.24) is 4.98 Å². The minimum Gasteiger partial charge on any atom is -0.495 e. The van der Waals surface area contributed by atoms with E-state index in [0.29, 0.717) is 38.5 Å². The average Bonchev–Trinajstić information content (AvgIpc) is 3.25. The lowest BCUT2D eigenvalue weighted by Crippen LogP contribution is -2.16. The molecule has 0 aliphatic heterocycles. The third kappa shape index (κ3) is 8.40. The molecule has 36 heavy (non-hydrogen) atoms. The fourth-order valence-corrected chi connectivity index (χ4v) is 4.69. The van der Waals surface area contributed by atoms with E-state index in [1.54, 1.807) is 47.8 Å². The Morgan fingerprint density at radius 3 is 2.11 bits per heavy atom. The molecule has 0 bridgehead atoms. The van der Waals surface area contributed by atoms with Crippen LogP contribution in [0.3, 0.4) is 0 Å². The largest absolute Gasteiger partial charge is 0.495 e. The number of amides is 4. The second kappa shape index (κ2) is 12.7. The Bertz CT molecular complexity index is 1260. The minimum absolute atomic E-state index is 0.0391. The standard InChI is InChI=1S/C24H25N5O5S2/c1-14(30)25-16-4-6-17(7-5-16)27-23(33)13-36-24-28-19(12-35-24)11-22(32)29-20-10-18(26-15(2)31)8-9-21(20)34-3/h4-10,12H,11,13H2,1-3H3,(H,25,30)(H,26,31)(H,27,33)(H,29,32). The first-order chi connectivity index (χ1) is 17.2. The predicted octanol–water partition coefficient (Wildman–Crippen LogP) is 3.98. The van der Waals surface area contributed by atoms with Gasteiger partial charge in [-0.05, 0) is 42.5 Å². The highest BCUT2D eigenvalue weighted by atomic mass is 32.2. The van der Waals surface area contributed by atoms with Crippen molar-refractivity contribution < 1.29 is 23.9 Å². The molecule has 0 unspecified atom stereocenters. The lowest BCUT2D eigenvalue weighted by Gasteiger charge is -2.12. The summed E-state index contributed by atoms with van der Waals surface area (Å²) in [6, 6.07) is 11.8. The molecular weight excluding hydrogens is 502 g/mol. The van der Waals surface area contributed by atoms with Gasteiger partial charge in [0.2, 0.25) is 23.6 Å². The van der Waals surface area contributed by atoms with Crippen molar-refractivity contribution in [3.63, 3.8) is 0 Å². The van der Waals surface area contributed by atoms with Crippen molar-refractivity contribution >= 4 is 69.5 Å². The Morgan fingerprint density at radius 2 is 1.47 bits per heavy atom. The van der Waals surface area contributed by atoms with E-state index in [9.17, 15) is 19.2 Å². The summed E-state index contributed by atoms with van der Waals surface area (Å²) in [5.74, 6) is -0.274. The van der Waals surface area contributed by atoms with Gasteiger partial charge in [-0.25, -0.2) is 4.98 Å². The Hall–Kier alpha value is -3.90. The molecule has 0 aliphatic carbocycles. The van der Waals surface area contributed by atoms with E-state index >= 15 is 0 Å². The van der Waals surface area contributed by atoms with Crippen molar-refractivity contribution in [1.29, 1.82) is 0 Å². The number of nitrogens with zero attached hydrogens (tertiary/aromatic N) is 1. The molecule has 3 rings (SSSR count). The first-order valence-corrected chi connectivity index (χ1v) is 12.6. The van der Waals surface area contributed by atoms with E-state index in [1.165, 1.54) is 44.1 Å². The molecule has 1 aromatic heterocycles. The van der Waals surface area contributed by atoms with Crippen molar-refractivity contribution in [2.24, 2.45) is 0 Å². The van der Waals surface area contributed by atoms with Gasteiger partial charge in [-0.2, -0.15) is 0 Å². The van der Waals surface area contributed by atoms with Crippen molar-refractivity contribution in [3.05, 3.63) is 53.5 Å². The number of ether oxygens (including phenoxy) is 1. The van der Waals surface area contributed by atoms with Crippen molar-refractivity contribution in [2.45, 2.75) is 24.6 Å². The molecule has 0 fully saturated rings. The summed E-state index contributed by atoms with van der Waals surface area (Å²) in [5, 5.41) is 12.7. The van der Waals surface area contributed by atoms with Gasteiger partial charge in [-0.15, -0.1) is 11.3 Å². The Morgan fingerprint density at radius 1 is 0.861 bits per heavy atom. The van der Waals surface area contributed by atoms with Gasteiger partial charge >= 0.3 is 0 Å². The van der Waals surface area contributed by atoms with Crippen LogP contribution in [0.15, 0.2) is 52.2 Å². The van der Waals surface area contributed by atoms with E-state index < -0.39 is 0 Å². The number of methoxy groups -OCH3 is 1. The fourth-order valence-electron chi connectivity index (χ4n) is 3.05. The van der Waals surface area contributed by atoms with E-state index in [1.807, 2.05) is 0 Å². The number of thiazole rings is 1. The third-order valence-corrected chi connectivity index (χ3v) is 6.55. The van der Waals surface area contributed by atoms with Crippen LogP contribution < -0.4 is 26.0 Å². The van der Waals surface area contributed by atoms with Crippen molar-refractivity contribution in [2.75, 3.05) is 34.1 Å². The molecule has 0 aliphatic rings. The van der Waals surface area contributed by atoms with Gasteiger partial charge in [0.15, 0.2) is 4.34 Å². The number of anilines is 4. The second-order valence-electron chi connectivity index (χ2n) is 7.52. The summed E-state index contributed by atoms with van der Waals surface area (Å²) < 4.78 is 5.95. The summed E-state index contributed by atoms with van der Waals surface area (Å²) in [6.07, 6.45) is 0.0391. The Balaban J connectivity index is 1.50. The molecule has 0 saturated carbocycles. The molecule has 1 heterocycles. The quantitative estimate of drug-likeness (QED) is 0.293. The van der Waals surface area contributed by atoms with Crippen LogP contribution in [0.2, 0.25) is 0 Å². The zero-order valence-corrected chi connectivity index (χ0v) is 21.5. The van der Waals surface area contributed by atoms with E-state index in [0.717, 1.165) is 0 Å². The van der Waals surface area contributed by atoms with Crippen molar-refractivity contribution in [3.8, 4) is 5.75 Å². The van der Waals surface area contributed by atoms with Crippen LogP contribution in [0, 0.1) is 0 Å². The predicted molar refractivity (Wildman–Crippen MR) is 142 cm³/mol. The summed E-state index contributed by atoms with van der Waals surface area (Å²) in [4.78, 5) is 51.6. The number of nitrogens with one attached hydrogen (secondary N) is 4. The molecule has 12 heteroatoms. The average molecular weight is 528 g/mol. The second-order valence-corrected chi connectivity index (χ2v) is 9.60. The molecule has 188 valence electrons. The van der Waals surface area contributed by atoms with Crippen LogP contribution in [0.1, 0.15) is 19.5 Å². The number of carbonyl (C=O) groups is 4. The summed E-state index contributed by atoms with van der Waals surface area (Å²) in [6.45, 7) is 2.82. The van der Waals surface area contributed by atoms with E-state index in [-0.39, 0.29) is 35.8 Å². The molecule has 10 nitrogen and oxygen atoms in total. The smallest absolute Gasteiger partial charge is 0.234 e. The highest BCUT2D eigenvalue weighted by Crippen LogP contribution is 2.28. The first-order valence-electron chi connectivity index (χ1n) is 10.7. The molecule has 3 aromatic rings. The molecule has 4 N–H and O–H groups in total. The number of aromatic nitrogens is 1. The van der Waals surface area contributed by atoms with Crippen LogP contribution in [0.4, 0.5) is 22.7 Å². The fraction of sp³-hybridized carbons (Fsp3) is 0.208. The summed E-state index contributed by atoms with van der Waals surface area (Å²) in [7, 11) is 1.49. The van der Waals surface area contributed by atoms with Crippen LogP contribution in [-0.4, -0.2) is 41.5 Å². The molecule has 0 atom stereocenters. The van der Waals surface area contributed by atoms with E-state index in [2.05, 4.69) is 26.3 Å². The number of hydrogen-bond acceptors (Lipinski definition) is 8. The lowest BCUT2D eigenvalue weighted by atomic mass is 10.2. The molecule has 4 amide bonds. The molecule has 2 aromatic carbocycles. The van der Waals surface area contributed by atoms with Crippen LogP contribution in [0.25, 0.3) is 0 Å². The summed E-state index contributed by atoms with van der Waals surface area (Å²) >= 11 is 2.62. The normalized spacial score (nSPS) is 10.3. The van der Waals surface area contributed by atoms with Gasteiger partial charge in [0.25, 0.3) is 0 Å². The first kappa shape index (κ1) is 26.7. The topological polar surface area (TPSA) is 139 Å². The van der Waals surface area contributed by atoms with Crippen LogP contribution in [0.5, 0.6) is 5.75 Å². The zero-order valence-electron chi connectivity index (χ0n) is 19.8. The Kier molecular flexibility index (Phi) is 9.42. The summed E-state index contributed by atoms with van der Waals surface area (Å²) in [5.41, 5.74) is 2.80. The van der Waals surface area contributed by atoms with Crippen LogP contribution >= 0.6 is 23.1 Å². The molecule has 0 spiro atoms. The molecule has 0 radical (unpaired) electrons. The highest BCUT2D eigenvalue weighted by molar-refractivity contribution is 8.01. The molecular formula is C24H25N5O5S2. The van der Waals surface area contributed by atoms with Gasteiger partial charge < -0.3 is 26.0 Å². The maximum Gasteiger partial charge on any atom is 0.234 e. The van der Waals surface area contributed by atoms with Gasteiger partial charge in [-0.3, -0.25) is 19.2 Å². The number of hydrogen-bond donors (Lipinski definition) is 4. The molecule has 0 saturated heterocycles. The van der Waals surface area contributed by atoms with Gasteiger partial charge in [-0.1, -0.05) is 11.8 Å². The number of thioether (sulfide) groups is 1.